The first kappa shape index (κ1) is 7.91. The van der Waals surface area contributed by atoms with E-state index in [-0.39, 0.29) is 0 Å². The lowest BCUT2D eigenvalue weighted by atomic mass is 10.2. The van der Waals surface area contributed by atoms with Crippen molar-refractivity contribution in [3.63, 3.8) is 0 Å². The Labute approximate surface area is 71.4 Å². The van der Waals surface area contributed by atoms with Gasteiger partial charge >= 0.3 is 0 Å². The molecule has 0 atom stereocenters. The van der Waals surface area contributed by atoms with Crippen LogP contribution in [-0.2, 0) is 0 Å². The maximum Gasteiger partial charge on any atom is 0.172 e. The number of aryl methyl sites for hydroxylation is 1. The van der Waals surface area contributed by atoms with Gasteiger partial charge in [0.1, 0.15) is 0 Å². The van der Waals surface area contributed by atoms with Gasteiger partial charge in [-0.2, -0.15) is 0 Å². The molecule has 0 saturated carbocycles. The fraction of sp³-hybridized carbons (Fsp3) is 0.143. The van der Waals surface area contributed by atoms with Crippen LogP contribution in [0.1, 0.15) is 5.56 Å². The van der Waals surface area contributed by atoms with Gasteiger partial charge in [0.05, 0.1) is 3.57 Å². The lowest BCUT2D eigenvalue weighted by Crippen LogP contribution is -1.91. The van der Waals surface area contributed by atoms with Crippen LogP contribution in [0.4, 0.5) is 8.78 Å². The predicted molar refractivity (Wildman–Crippen MR) is 43.8 cm³/mol. The van der Waals surface area contributed by atoms with E-state index in [4.69, 9.17) is 0 Å². The van der Waals surface area contributed by atoms with Crippen molar-refractivity contribution >= 4 is 22.6 Å². The highest BCUT2D eigenvalue weighted by Gasteiger charge is 2.07. The molecular formula is C7H5F2I. The first-order chi connectivity index (χ1) is 4.63. The van der Waals surface area contributed by atoms with Crippen LogP contribution < -0.4 is 0 Å². The molecule has 3 heteroatoms. The summed E-state index contributed by atoms with van der Waals surface area (Å²) in [7, 11) is 0. The van der Waals surface area contributed by atoms with Crippen molar-refractivity contribution in [3.8, 4) is 0 Å². The van der Waals surface area contributed by atoms with Gasteiger partial charge in [-0.3, -0.25) is 0 Å². The second-order valence-corrected chi connectivity index (χ2v) is 3.15. The molecule has 1 rings (SSSR count). The summed E-state index contributed by atoms with van der Waals surface area (Å²) >= 11 is 1.75. The highest BCUT2D eigenvalue weighted by Crippen LogP contribution is 2.16. The highest BCUT2D eigenvalue weighted by molar-refractivity contribution is 14.1. The van der Waals surface area contributed by atoms with Gasteiger partial charge in [-0.15, -0.1) is 0 Å². The molecule has 0 N–H and O–H groups in total. The van der Waals surface area contributed by atoms with E-state index in [9.17, 15) is 8.78 Å². The maximum atomic E-state index is 12.6. The zero-order valence-corrected chi connectivity index (χ0v) is 7.45. The van der Waals surface area contributed by atoms with E-state index >= 15 is 0 Å². The average molecular weight is 254 g/mol. The predicted octanol–water partition coefficient (Wildman–Crippen LogP) is 2.88. The molecule has 0 aliphatic heterocycles. The molecule has 0 aliphatic rings. The summed E-state index contributed by atoms with van der Waals surface area (Å²) in [5, 5.41) is 0. The SMILES string of the molecule is Cc1ccc(I)c(F)c1F. The minimum Gasteiger partial charge on any atom is -0.203 e. The maximum absolute atomic E-state index is 12.6. The quantitative estimate of drug-likeness (QED) is 0.493. The molecule has 0 unspecified atom stereocenters. The highest BCUT2D eigenvalue weighted by atomic mass is 127. The van der Waals surface area contributed by atoms with Gasteiger partial charge in [0, 0.05) is 0 Å². The van der Waals surface area contributed by atoms with Gasteiger partial charge in [0.25, 0.3) is 0 Å². The van der Waals surface area contributed by atoms with Crippen LogP contribution in [0.3, 0.4) is 0 Å². The number of hydrogen-bond donors (Lipinski definition) is 0. The van der Waals surface area contributed by atoms with Crippen LogP contribution in [0.5, 0.6) is 0 Å². The zero-order valence-electron chi connectivity index (χ0n) is 5.29. The first-order valence-corrected chi connectivity index (χ1v) is 3.81. The van der Waals surface area contributed by atoms with Crippen LogP contribution in [0.25, 0.3) is 0 Å². The molecule has 0 saturated heterocycles. The van der Waals surface area contributed by atoms with Crippen LogP contribution in [0.15, 0.2) is 12.1 Å². The Bertz CT molecular complexity index is 231. The van der Waals surface area contributed by atoms with Crippen molar-refractivity contribution in [1.82, 2.24) is 0 Å². The summed E-state index contributed by atoms with van der Waals surface area (Å²) in [6.07, 6.45) is 0. The normalized spacial score (nSPS) is 10.0. The van der Waals surface area contributed by atoms with E-state index in [2.05, 4.69) is 0 Å². The molecule has 0 aromatic heterocycles. The molecule has 0 bridgehead atoms. The third-order valence-electron chi connectivity index (χ3n) is 1.23. The van der Waals surface area contributed by atoms with Gasteiger partial charge in [-0.1, -0.05) is 6.07 Å². The summed E-state index contributed by atoms with van der Waals surface area (Å²) in [5.74, 6) is -1.49. The molecule has 0 heterocycles. The van der Waals surface area contributed by atoms with Crippen molar-refractivity contribution in [2.45, 2.75) is 6.92 Å². The van der Waals surface area contributed by atoms with Gasteiger partial charge in [0.15, 0.2) is 11.6 Å². The average Bonchev–Trinajstić information content (AvgIpc) is 1.93. The van der Waals surface area contributed by atoms with E-state index in [0.29, 0.717) is 9.13 Å². The Hall–Kier alpha value is -0.190. The third kappa shape index (κ3) is 1.28. The lowest BCUT2D eigenvalue weighted by molar-refractivity contribution is 0.498. The second-order valence-electron chi connectivity index (χ2n) is 1.99. The van der Waals surface area contributed by atoms with Crippen molar-refractivity contribution < 1.29 is 8.78 Å². The molecule has 0 aliphatic carbocycles. The van der Waals surface area contributed by atoms with E-state index in [1.54, 1.807) is 34.7 Å². The third-order valence-corrected chi connectivity index (χ3v) is 2.06. The van der Waals surface area contributed by atoms with Crippen LogP contribution >= 0.6 is 22.6 Å². The van der Waals surface area contributed by atoms with Crippen molar-refractivity contribution in [3.05, 3.63) is 32.9 Å². The molecule has 0 nitrogen and oxygen atoms in total. The largest absolute Gasteiger partial charge is 0.203 e. The fourth-order valence-electron chi connectivity index (χ4n) is 0.622. The molecule has 1 aromatic carbocycles. The molecule has 0 radical (unpaired) electrons. The van der Waals surface area contributed by atoms with Gasteiger partial charge in [0.2, 0.25) is 0 Å². The summed E-state index contributed by atoms with van der Waals surface area (Å²) in [4.78, 5) is 0. The van der Waals surface area contributed by atoms with E-state index in [0.717, 1.165) is 0 Å². The van der Waals surface area contributed by atoms with Gasteiger partial charge in [-0.25, -0.2) is 8.78 Å². The Morgan fingerprint density at radius 1 is 1.20 bits per heavy atom. The first-order valence-electron chi connectivity index (χ1n) is 2.73. The van der Waals surface area contributed by atoms with Crippen molar-refractivity contribution in [2.75, 3.05) is 0 Å². The zero-order chi connectivity index (χ0) is 7.72. The van der Waals surface area contributed by atoms with Gasteiger partial charge < -0.3 is 0 Å². The topological polar surface area (TPSA) is 0 Å². The lowest BCUT2D eigenvalue weighted by Gasteiger charge is -1.97. The Morgan fingerprint density at radius 3 is 2.30 bits per heavy atom. The van der Waals surface area contributed by atoms with E-state index in [1.807, 2.05) is 0 Å². The number of benzene rings is 1. The molecule has 0 amide bonds. The number of halogens is 3. The summed E-state index contributed by atoms with van der Waals surface area (Å²) < 4.78 is 25.5. The molecule has 0 fully saturated rings. The van der Waals surface area contributed by atoms with E-state index in [1.165, 1.54) is 6.92 Å². The minimum absolute atomic E-state index is 0.320. The second kappa shape index (κ2) is 2.82. The summed E-state index contributed by atoms with van der Waals surface area (Å²) in [5.41, 5.74) is 0.345. The number of rotatable bonds is 0. The summed E-state index contributed by atoms with van der Waals surface area (Å²) in [6.45, 7) is 1.54. The van der Waals surface area contributed by atoms with Crippen molar-refractivity contribution in [2.24, 2.45) is 0 Å². The fourth-order valence-corrected chi connectivity index (χ4v) is 1.04. The Balaban J connectivity index is 3.34. The molecule has 1 aromatic rings. The molecule has 54 valence electrons. The molecule has 10 heavy (non-hydrogen) atoms. The molecular weight excluding hydrogens is 249 g/mol. The van der Waals surface area contributed by atoms with Crippen LogP contribution in [0.2, 0.25) is 0 Å². The van der Waals surface area contributed by atoms with Gasteiger partial charge in [-0.05, 0) is 41.1 Å². The number of hydrogen-bond acceptors (Lipinski definition) is 0. The summed E-state index contributed by atoms with van der Waals surface area (Å²) in [6, 6.07) is 3.11. The Kier molecular flexibility index (Phi) is 2.23. The molecule has 0 spiro atoms. The smallest absolute Gasteiger partial charge is 0.172 e. The Morgan fingerprint density at radius 2 is 1.80 bits per heavy atom. The van der Waals surface area contributed by atoms with Crippen LogP contribution in [-0.4, -0.2) is 0 Å². The van der Waals surface area contributed by atoms with Crippen molar-refractivity contribution in [1.29, 1.82) is 0 Å². The minimum atomic E-state index is -0.749. The standard InChI is InChI=1S/C7H5F2I/c1-4-2-3-5(10)7(9)6(4)8/h2-3H,1H3. The monoisotopic (exact) mass is 254 g/mol. The van der Waals surface area contributed by atoms with Crippen LogP contribution in [0, 0.1) is 22.1 Å². The van der Waals surface area contributed by atoms with E-state index < -0.39 is 11.6 Å².